The first-order valence-corrected chi connectivity index (χ1v) is 7.39. The second-order valence-electron chi connectivity index (χ2n) is 5.13. The van der Waals surface area contributed by atoms with E-state index < -0.39 is 0 Å². The third-order valence-corrected chi connectivity index (χ3v) is 3.33. The molecule has 0 aliphatic rings. The van der Waals surface area contributed by atoms with Crippen molar-refractivity contribution < 1.29 is 14.3 Å². The van der Waals surface area contributed by atoms with Crippen LogP contribution in [-0.4, -0.2) is 19.6 Å². The molecule has 0 aromatic heterocycles. The van der Waals surface area contributed by atoms with Crippen LogP contribution in [0.2, 0.25) is 0 Å². The molecule has 1 amide bonds. The summed E-state index contributed by atoms with van der Waals surface area (Å²) < 4.78 is 11.1. The van der Waals surface area contributed by atoms with Gasteiger partial charge in [0.2, 0.25) is 0 Å². The van der Waals surface area contributed by atoms with Gasteiger partial charge in [0, 0.05) is 17.7 Å². The number of methoxy groups -OCH3 is 1. The molecule has 1 N–H and O–H groups in total. The van der Waals surface area contributed by atoms with Crippen molar-refractivity contribution in [3.63, 3.8) is 0 Å². The van der Waals surface area contributed by atoms with E-state index in [-0.39, 0.29) is 5.91 Å². The van der Waals surface area contributed by atoms with Crippen LogP contribution in [-0.2, 0) is 6.61 Å². The van der Waals surface area contributed by atoms with E-state index in [0.29, 0.717) is 24.5 Å². The second kappa shape index (κ2) is 8.03. The number of hydrogen-bond acceptors (Lipinski definition) is 3. The van der Waals surface area contributed by atoms with E-state index in [1.54, 1.807) is 31.4 Å². The summed E-state index contributed by atoms with van der Waals surface area (Å²) in [6.45, 7) is 6.36. The standard InChI is InChI=1S/C19H21NO3/c1-4-10-20-19(21)15-8-9-18(22-3)16(12-15)13-23-17-7-5-6-14(2)11-17/h4-9,11-12H,1,10,13H2,2-3H3,(H,20,21). The fraction of sp³-hybridized carbons (Fsp3) is 0.211. The normalized spacial score (nSPS) is 10.0. The molecule has 0 saturated carbocycles. The molecular weight excluding hydrogens is 290 g/mol. The van der Waals surface area contributed by atoms with Crippen LogP contribution in [0.15, 0.2) is 55.1 Å². The zero-order valence-corrected chi connectivity index (χ0v) is 13.5. The number of hydrogen-bond donors (Lipinski definition) is 1. The lowest BCUT2D eigenvalue weighted by molar-refractivity contribution is 0.0958. The highest BCUT2D eigenvalue weighted by atomic mass is 16.5. The molecule has 0 bridgehead atoms. The molecule has 0 atom stereocenters. The first-order chi connectivity index (χ1) is 11.1. The van der Waals surface area contributed by atoms with Crippen LogP contribution < -0.4 is 14.8 Å². The number of aryl methyl sites for hydroxylation is 1. The lowest BCUT2D eigenvalue weighted by Crippen LogP contribution is -2.23. The summed E-state index contributed by atoms with van der Waals surface area (Å²) in [5.41, 5.74) is 2.52. The van der Waals surface area contributed by atoms with Crippen LogP contribution in [0.25, 0.3) is 0 Å². The number of nitrogens with one attached hydrogen (secondary N) is 1. The zero-order chi connectivity index (χ0) is 16.7. The van der Waals surface area contributed by atoms with Crippen molar-refractivity contribution in [1.82, 2.24) is 5.32 Å². The molecule has 4 nitrogen and oxygen atoms in total. The van der Waals surface area contributed by atoms with E-state index in [0.717, 1.165) is 16.9 Å². The van der Waals surface area contributed by atoms with Crippen molar-refractivity contribution in [2.45, 2.75) is 13.5 Å². The molecule has 0 heterocycles. The van der Waals surface area contributed by atoms with Crippen LogP contribution in [0.1, 0.15) is 21.5 Å². The Kier molecular flexibility index (Phi) is 5.80. The van der Waals surface area contributed by atoms with E-state index in [9.17, 15) is 4.79 Å². The first kappa shape index (κ1) is 16.6. The summed E-state index contributed by atoms with van der Waals surface area (Å²) in [5, 5.41) is 2.76. The molecule has 2 aromatic carbocycles. The number of rotatable bonds is 7. The summed E-state index contributed by atoms with van der Waals surface area (Å²) in [4.78, 5) is 12.0. The Morgan fingerprint density at radius 1 is 1.26 bits per heavy atom. The smallest absolute Gasteiger partial charge is 0.251 e. The van der Waals surface area contributed by atoms with Crippen molar-refractivity contribution in [3.8, 4) is 11.5 Å². The monoisotopic (exact) mass is 311 g/mol. The lowest BCUT2D eigenvalue weighted by atomic mass is 10.1. The van der Waals surface area contributed by atoms with Crippen LogP contribution in [0.4, 0.5) is 0 Å². The predicted octanol–water partition coefficient (Wildman–Crippen LogP) is 3.50. The molecule has 0 aliphatic carbocycles. The van der Waals surface area contributed by atoms with Crippen molar-refractivity contribution in [2.75, 3.05) is 13.7 Å². The van der Waals surface area contributed by atoms with E-state index in [1.807, 2.05) is 31.2 Å². The van der Waals surface area contributed by atoms with Gasteiger partial charge >= 0.3 is 0 Å². The fourth-order valence-electron chi connectivity index (χ4n) is 2.17. The lowest BCUT2D eigenvalue weighted by Gasteiger charge is -2.12. The van der Waals surface area contributed by atoms with Crippen molar-refractivity contribution >= 4 is 5.91 Å². The number of ether oxygens (including phenoxy) is 2. The molecule has 120 valence electrons. The Balaban J connectivity index is 2.15. The number of amides is 1. The van der Waals surface area contributed by atoms with Crippen molar-refractivity contribution in [3.05, 3.63) is 71.8 Å². The van der Waals surface area contributed by atoms with Gasteiger partial charge in [0.25, 0.3) is 5.91 Å². The Hall–Kier alpha value is -2.75. The largest absolute Gasteiger partial charge is 0.496 e. The van der Waals surface area contributed by atoms with Crippen LogP contribution in [0.5, 0.6) is 11.5 Å². The third-order valence-electron chi connectivity index (χ3n) is 3.33. The van der Waals surface area contributed by atoms with Crippen LogP contribution >= 0.6 is 0 Å². The Labute approximate surface area is 136 Å². The molecule has 0 unspecified atom stereocenters. The van der Waals surface area contributed by atoms with Gasteiger partial charge in [0.15, 0.2) is 0 Å². The zero-order valence-electron chi connectivity index (χ0n) is 13.5. The van der Waals surface area contributed by atoms with Gasteiger partial charge in [0.1, 0.15) is 18.1 Å². The Morgan fingerprint density at radius 2 is 2.09 bits per heavy atom. The third kappa shape index (κ3) is 4.61. The minimum Gasteiger partial charge on any atom is -0.496 e. The maximum absolute atomic E-state index is 12.0. The minimum atomic E-state index is -0.149. The first-order valence-electron chi connectivity index (χ1n) is 7.39. The van der Waals surface area contributed by atoms with Gasteiger partial charge in [-0.2, -0.15) is 0 Å². The Morgan fingerprint density at radius 3 is 2.78 bits per heavy atom. The van der Waals surface area contributed by atoms with Crippen molar-refractivity contribution in [2.24, 2.45) is 0 Å². The molecule has 23 heavy (non-hydrogen) atoms. The SMILES string of the molecule is C=CCNC(=O)c1ccc(OC)c(COc2cccc(C)c2)c1. The van der Waals surface area contributed by atoms with E-state index in [4.69, 9.17) is 9.47 Å². The molecule has 2 rings (SSSR count). The quantitative estimate of drug-likeness (QED) is 0.796. The number of carbonyl (C=O) groups excluding carboxylic acids is 1. The summed E-state index contributed by atoms with van der Waals surface area (Å²) in [6, 6.07) is 13.1. The number of benzene rings is 2. The summed E-state index contributed by atoms with van der Waals surface area (Å²) in [7, 11) is 1.60. The molecule has 0 saturated heterocycles. The minimum absolute atomic E-state index is 0.149. The van der Waals surface area contributed by atoms with Crippen LogP contribution in [0.3, 0.4) is 0 Å². The van der Waals surface area contributed by atoms with Gasteiger partial charge in [0.05, 0.1) is 7.11 Å². The van der Waals surface area contributed by atoms with E-state index >= 15 is 0 Å². The average Bonchev–Trinajstić information content (AvgIpc) is 2.57. The molecule has 0 fully saturated rings. The van der Waals surface area contributed by atoms with Crippen molar-refractivity contribution in [1.29, 1.82) is 0 Å². The average molecular weight is 311 g/mol. The summed E-state index contributed by atoms with van der Waals surface area (Å²) in [5.74, 6) is 1.33. The Bertz CT molecular complexity index is 695. The van der Waals surface area contributed by atoms with E-state index in [2.05, 4.69) is 11.9 Å². The molecule has 0 radical (unpaired) electrons. The maximum Gasteiger partial charge on any atom is 0.251 e. The van der Waals surface area contributed by atoms with Gasteiger partial charge < -0.3 is 14.8 Å². The topological polar surface area (TPSA) is 47.6 Å². The van der Waals surface area contributed by atoms with Crippen LogP contribution in [0, 0.1) is 6.92 Å². The maximum atomic E-state index is 12.0. The second-order valence-corrected chi connectivity index (χ2v) is 5.13. The fourth-order valence-corrected chi connectivity index (χ4v) is 2.17. The predicted molar refractivity (Wildman–Crippen MR) is 91.0 cm³/mol. The molecule has 0 aliphatic heterocycles. The van der Waals surface area contributed by atoms with E-state index in [1.165, 1.54) is 0 Å². The highest BCUT2D eigenvalue weighted by Crippen LogP contribution is 2.22. The summed E-state index contributed by atoms with van der Waals surface area (Å²) >= 11 is 0. The molecule has 0 spiro atoms. The van der Waals surface area contributed by atoms with Gasteiger partial charge in [-0.15, -0.1) is 6.58 Å². The highest BCUT2D eigenvalue weighted by Gasteiger charge is 2.10. The van der Waals surface area contributed by atoms with Gasteiger partial charge in [-0.25, -0.2) is 0 Å². The summed E-state index contributed by atoms with van der Waals surface area (Å²) in [6.07, 6.45) is 1.64. The molecule has 2 aromatic rings. The highest BCUT2D eigenvalue weighted by molar-refractivity contribution is 5.94. The molecule has 4 heteroatoms. The number of carbonyl (C=O) groups is 1. The van der Waals surface area contributed by atoms with Gasteiger partial charge in [-0.3, -0.25) is 4.79 Å². The van der Waals surface area contributed by atoms with Gasteiger partial charge in [-0.1, -0.05) is 18.2 Å². The molecular formula is C19H21NO3. The van der Waals surface area contributed by atoms with Gasteiger partial charge in [-0.05, 0) is 42.8 Å².